The van der Waals surface area contributed by atoms with Crippen LogP contribution in [0.3, 0.4) is 0 Å². The molecule has 0 radical (unpaired) electrons. The van der Waals surface area contributed by atoms with Crippen LogP contribution in [-0.4, -0.2) is 28.2 Å². The number of amides is 2. The molecular weight excluding hydrogens is 404 g/mol. The van der Waals surface area contributed by atoms with Gasteiger partial charge in [0.1, 0.15) is 0 Å². The van der Waals surface area contributed by atoms with Crippen LogP contribution in [0, 0.1) is 5.92 Å². The molecule has 0 heterocycles. The quantitative estimate of drug-likeness (QED) is 0.342. The van der Waals surface area contributed by atoms with E-state index in [0.717, 1.165) is 27.8 Å². The van der Waals surface area contributed by atoms with Crippen molar-refractivity contribution in [1.29, 1.82) is 0 Å². The SMILES string of the molecule is O=C(C[C@@H](Cc1cccc(-c2ccccc2)c1)C(=O)N[C@H]1c2ccccc2C[C@H]1O)NO. The first kappa shape index (κ1) is 21.7. The summed E-state index contributed by atoms with van der Waals surface area (Å²) in [4.78, 5) is 25.1. The summed E-state index contributed by atoms with van der Waals surface area (Å²) in [5, 5.41) is 22.4. The van der Waals surface area contributed by atoms with Crippen LogP contribution < -0.4 is 10.8 Å². The van der Waals surface area contributed by atoms with Gasteiger partial charge in [-0.2, -0.15) is 0 Å². The number of nitrogens with one attached hydrogen (secondary N) is 2. The maximum Gasteiger partial charge on any atom is 0.244 e. The average molecular weight is 431 g/mol. The lowest BCUT2D eigenvalue weighted by molar-refractivity contribution is -0.135. The smallest absolute Gasteiger partial charge is 0.244 e. The molecule has 164 valence electrons. The zero-order chi connectivity index (χ0) is 22.5. The van der Waals surface area contributed by atoms with Crippen LogP contribution in [0.2, 0.25) is 0 Å². The lowest BCUT2D eigenvalue weighted by atomic mass is 9.92. The van der Waals surface area contributed by atoms with Gasteiger partial charge in [-0.1, -0.05) is 78.9 Å². The van der Waals surface area contributed by atoms with Crippen LogP contribution >= 0.6 is 0 Å². The van der Waals surface area contributed by atoms with Crippen LogP contribution in [0.4, 0.5) is 0 Å². The highest BCUT2D eigenvalue weighted by atomic mass is 16.5. The van der Waals surface area contributed by atoms with Gasteiger partial charge in [0.15, 0.2) is 0 Å². The molecule has 1 aliphatic carbocycles. The molecule has 0 unspecified atom stereocenters. The lowest BCUT2D eigenvalue weighted by Gasteiger charge is -2.22. The summed E-state index contributed by atoms with van der Waals surface area (Å²) in [5.41, 5.74) is 6.51. The van der Waals surface area contributed by atoms with Crippen molar-refractivity contribution < 1.29 is 19.9 Å². The standard InChI is InChI=1S/C26H26N2O4/c29-23-15-20-10-4-5-12-22(20)25(23)27-26(31)21(16-24(30)28-32)14-17-7-6-11-19(13-17)18-8-2-1-3-9-18/h1-13,21,23,25,29,32H,14-16H2,(H,27,31)(H,28,30)/t21-,23-,25+/m1/s1. The molecule has 0 fully saturated rings. The van der Waals surface area contributed by atoms with Crippen molar-refractivity contribution in [2.45, 2.75) is 31.4 Å². The van der Waals surface area contributed by atoms with Gasteiger partial charge in [0.05, 0.1) is 18.1 Å². The second kappa shape index (κ2) is 9.77. The van der Waals surface area contributed by atoms with Crippen molar-refractivity contribution in [3.8, 4) is 11.1 Å². The van der Waals surface area contributed by atoms with E-state index in [2.05, 4.69) is 5.32 Å². The van der Waals surface area contributed by atoms with Gasteiger partial charge >= 0.3 is 0 Å². The van der Waals surface area contributed by atoms with Crippen molar-refractivity contribution in [3.63, 3.8) is 0 Å². The third-order valence-electron chi connectivity index (χ3n) is 5.95. The summed E-state index contributed by atoms with van der Waals surface area (Å²) in [6.07, 6.45) is -0.0838. The Hall–Kier alpha value is -3.48. The molecule has 0 spiro atoms. The number of aliphatic hydroxyl groups is 1. The van der Waals surface area contributed by atoms with Gasteiger partial charge in [0, 0.05) is 12.8 Å². The molecule has 0 aliphatic heterocycles. The summed E-state index contributed by atoms with van der Waals surface area (Å²) >= 11 is 0. The Kier molecular flexibility index (Phi) is 6.63. The van der Waals surface area contributed by atoms with E-state index in [1.165, 1.54) is 0 Å². The minimum atomic E-state index is -0.718. The zero-order valence-electron chi connectivity index (χ0n) is 17.6. The third-order valence-corrected chi connectivity index (χ3v) is 5.95. The Morgan fingerprint density at radius 2 is 1.66 bits per heavy atom. The summed E-state index contributed by atoms with van der Waals surface area (Å²) in [6, 6.07) is 24.9. The van der Waals surface area contributed by atoms with Crippen LogP contribution in [0.5, 0.6) is 0 Å². The van der Waals surface area contributed by atoms with Gasteiger partial charge in [0.25, 0.3) is 0 Å². The van der Waals surface area contributed by atoms with E-state index >= 15 is 0 Å². The molecule has 3 aromatic rings. The Labute approximate surface area is 186 Å². The Morgan fingerprint density at radius 3 is 2.44 bits per heavy atom. The predicted molar refractivity (Wildman–Crippen MR) is 121 cm³/mol. The number of hydrogen-bond acceptors (Lipinski definition) is 4. The molecule has 2 amide bonds. The molecule has 3 aromatic carbocycles. The predicted octanol–water partition coefficient (Wildman–Crippen LogP) is 3.18. The molecule has 0 saturated carbocycles. The Balaban J connectivity index is 1.54. The molecule has 0 bridgehead atoms. The Morgan fingerprint density at radius 1 is 0.938 bits per heavy atom. The summed E-state index contributed by atoms with van der Waals surface area (Å²) in [7, 11) is 0. The number of hydroxylamine groups is 1. The largest absolute Gasteiger partial charge is 0.390 e. The average Bonchev–Trinajstić information content (AvgIpc) is 3.14. The van der Waals surface area contributed by atoms with Crippen molar-refractivity contribution in [1.82, 2.24) is 10.8 Å². The third kappa shape index (κ3) is 4.88. The van der Waals surface area contributed by atoms with E-state index < -0.39 is 24.0 Å². The summed E-state index contributed by atoms with van der Waals surface area (Å²) < 4.78 is 0. The number of aliphatic hydroxyl groups excluding tert-OH is 1. The highest BCUT2D eigenvalue weighted by Crippen LogP contribution is 2.32. The molecule has 0 aromatic heterocycles. The molecular formula is C26H26N2O4. The first-order valence-electron chi connectivity index (χ1n) is 10.7. The van der Waals surface area contributed by atoms with Crippen LogP contribution in [0.1, 0.15) is 29.2 Å². The maximum atomic E-state index is 13.2. The van der Waals surface area contributed by atoms with Gasteiger partial charge in [0.2, 0.25) is 11.8 Å². The second-order valence-corrected chi connectivity index (χ2v) is 8.16. The van der Waals surface area contributed by atoms with Gasteiger partial charge in [-0.15, -0.1) is 0 Å². The first-order chi connectivity index (χ1) is 15.5. The summed E-state index contributed by atoms with van der Waals surface area (Å²) in [5.74, 6) is -1.66. The molecule has 4 rings (SSSR count). The molecule has 3 atom stereocenters. The van der Waals surface area contributed by atoms with E-state index in [9.17, 15) is 14.7 Å². The van der Waals surface area contributed by atoms with Crippen molar-refractivity contribution in [2.75, 3.05) is 0 Å². The number of carbonyl (C=O) groups is 2. The van der Waals surface area contributed by atoms with E-state index in [-0.39, 0.29) is 12.3 Å². The fourth-order valence-electron chi connectivity index (χ4n) is 4.34. The number of carbonyl (C=O) groups excluding carboxylic acids is 2. The van der Waals surface area contributed by atoms with Crippen LogP contribution in [-0.2, 0) is 22.4 Å². The maximum absolute atomic E-state index is 13.2. The molecule has 6 heteroatoms. The normalized spacial score (nSPS) is 17.9. The first-order valence-corrected chi connectivity index (χ1v) is 10.7. The monoisotopic (exact) mass is 430 g/mol. The Bertz CT molecular complexity index is 1100. The second-order valence-electron chi connectivity index (χ2n) is 8.16. The number of fused-ring (bicyclic) bond motifs is 1. The lowest BCUT2D eigenvalue weighted by Crippen LogP contribution is -2.40. The van der Waals surface area contributed by atoms with E-state index in [1.807, 2.05) is 78.9 Å². The molecule has 4 N–H and O–H groups in total. The highest BCUT2D eigenvalue weighted by Gasteiger charge is 2.34. The van der Waals surface area contributed by atoms with Crippen molar-refractivity contribution in [3.05, 3.63) is 95.6 Å². The fourth-order valence-corrected chi connectivity index (χ4v) is 4.34. The van der Waals surface area contributed by atoms with E-state index in [4.69, 9.17) is 5.21 Å². The number of benzene rings is 3. The fraction of sp³-hybridized carbons (Fsp3) is 0.231. The minimum Gasteiger partial charge on any atom is -0.390 e. The molecule has 1 aliphatic rings. The van der Waals surface area contributed by atoms with Crippen molar-refractivity contribution >= 4 is 11.8 Å². The van der Waals surface area contributed by atoms with Gasteiger partial charge in [-0.05, 0) is 34.2 Å². The van der Waals surface area contributed by atoms with E-state index in [1.54, 1.807) is 5.48 Å². The topological polar surface area (TPSA) is 98.7 Å². The van der Waals surface area contributed by atoms with Crippen LogP contribution in [0.15, 0.2) is 78.9 Å². The highest BCUT2D eigenvalue weighted by molar-refractivity contribution is 5.86. The molecule has 6 nitrogen and oxygen atoms in total. The van der Waals surface area contributed by atoms with Crippen LogP contribution in [0.25, 0.3) is 11.1 Å². The van der Waals surface area contributed by atoms with Gasteiger partial charge < -0.3 is 10.4 Å². The zero-order valence-corrected chi connectivity index (χ0v) is 17.6. The number of hydrogen-bond donors (Lipinski definition) is 4. The summed E-state index contributed by atoms with van der Waals surface area (Å²) in [6.45, 7) is 0. The minimum absolute atomic E-state index is 0.164. The van der Waals surface area contributed by atoms with Gasteiger partial charge in [-0.25, -0.2) is 5.48 Å². The number of rotatable bonds is 7. The van der Waals surface area contributed by atoms with Gasteiger partial charge in [-0.3, -0.25) is 14.8 Å². The van der Waals surface area contributed by atoms with E-state index in [0.29, 0.717) is 12.8 Å². The molecule has 0 saturated heterocycles. The molecule has 32 heavy (non-hydrogen) atoms. The van der Waals surface area contributed by atoms with Crippen molar-refractivity contribution in [2.24, 2.45) is 5.92 Å².